The smallest absolute Gasteiger partial charge is 0.309 e. The first-order valence-corrected chi connectivity index (χ1v) is 14.5. The maximum absolute atomic E-state index is 12.6. The lowest BCUT2D eigenvalue weighted by molar-refractivity contribution is -0.117. The zero-order valence-electron chi connectivity index (χ0n) is 22.5. The Balaban J connectivity index is 1.21. The Morgan fingerprint density at radius 3 is 2.72 bits per heavy atom. The first-order chi connectivity index (χ1) is 17.1. The van der Waals surface area contributed by atoms with Gasteiger partial charge < -0.3 is 10.2 Å². The highest BCUT2D eigenvalue weighted by Crippen LogP contribution is 2.66. The molecule has 4 aliphatic carbocycles. The number of oxime groups is 1. The molecule has 1 heterocycles. The van der Waals surface area contributed by atoms with Crippen LogP contribution in [0.2, 0.25) is 0 Å². The number of ketones is 1. The Morgan fingerprint density at radius 1 is 1.17 bits per heavy atom. The zero-order valence-corrected chi connectivity index (χ0v) is 23.3. The molecule has 3 saturated carbocycles. The summed E-state index contributed by atoms with van der Waals surface area (Å²) in [5, 5.41) is 7.78. The molecule has 5 rings (SSSR count). The van der Waals surface area contributed by atoms with Crippen molar-refractivity contribution in [2.24, 2.45) is 39.7 Å². The van der Waals surface area contributed by atoms with E-state index >= 15 is 0 Å². The van der Waals surface area contributed by atoms with Gasteiger partial charge in [-0.25, -0.2) is 4.79 Å². The number of hydrogen-bond donors (Lipinski definition) is 1. The van der Waals surface area contributed by atoms with Gasteiger partial charge in [-0.1, -0.05) is 36.8 Å². The summed E-state index contributed by atoms with van der Waals surface area (Å²) in [6, 6.07) is 0.216. The van der Waals surface area contributed by atoms with Crippen molar-refractivity contribution in [1.29, 1.82) is 0 Å². The predicted octanol–water partition coefficient (Wildman–Crippen LogP) is 5.70. The number of hydrogen-bond acceptors (Lipinski definition) is 6. The average Bonchev–Trinajstić information content (AvgIpc) is 3.43. The topological polar surface area (TPSA) is 71.0 Å². The molecule has 0 radical (unpaired) electrons. The standard InChI is InChI=1S/C29H43N3O3S/c1-18(31-35-27(34)32(4)16-12-25-26(36)11-15-30-25)22-7-8-23-21-6-5-19-17-20(33)9-13-28(19,2)24(21)10-14-29(22,23)3/h17,21-25,30H,5-16H2,1-4H3/b31-18+/t21-,22+,23-,24-,25?,28-,29+/m0/s1. The SMILES string of the molecule is C/C(=N\OC(=O)N(C)CCC1NCCC1=S)[C@H]1CC[C@H]2[C@@H]3CCC4=CC(=O)CC[C@]4(C)[C@H]3CC[C@]12C. The van der Waals surface area contributed by atoms with Crippen LogP contribution in [0.5, 0.6) is 0 Å². The molecule has 36 heavy (non-hydrogen) atoms. The summed E-state index contributed by atoms with van der Waals surface area (Å²) in [6.07, 6.45) is 12.1. The molecule has 4 fully saturated rings. The molecule has 0 aromatic rings. The summed E-state index contributed by atoms with van der Waals surface area (Å²) in [7, 11) is 1.77. The van der Waals surface area contributed by atoms with Crippen LogP contribution in [0, 0.1) is 34.5 Å². The van der Waals surface area contributed by atoms with Gasteiger partial charge in [-0.05, 0) is 99.4 Å². The number of carbonyl (C=O) groups is 2. The van der Waals surface area contributed by atoms with Crippen LogP contribution in [0.25, 0.3) is 0 Å². The number of amides is 1. The van der Waals surface area contributed by atoms with E-state index in [0.29, 0.717) is 36.5 Å². The fraction of sp³-hybridized carbons (Fsp3) is 0.793. The second-order valence-electron chi connectivity index (χ2n) is 12.7. The van der Waals surface area contributed by atoms with Gasteiger partial charge >= 0.3 is 6.09 Å². The molecule has 0 spiro atoms. The number of allylic oxidation sites excluding steroid dienone is 1. The van der Waals surface area contributed by atoms with Crippen molar-refractivity contribution >= 4 is 34.7 Å². The summed E-state index contributed by atoms with van der Waals surface area (Å²) in [4.78, 5) is 32.8. The van der Waals surface area contributed by atoms with Crippen molar-refractivity contribution in [2.45, 2.75) is 91.0 Å². The van der Waals surface area contributed by atoms with Crippen molar-refractivity contribution in [3.8, 4) is 0 Å². The van der Waals surface area contributed by atoms with Gasteiger partial charge in [-0.15, -0.1) is 0 Å². The van der Waals surface area contributed by atoms with E-state index in [1.54, 1.807) is 11.9 Å². The van der Waals surface area contributed by atoms with Gasteiger partial charge in [0.2, 0.25) is 0 Å². The van der Waals surface area contributed by atoms with E-state index < -0.39 is 6.09 Å². The number of fused-ring (bicyclic) bond motifs is 5. The van der Waals surface area contributed by atoms with E-state index in [0.717, 1.165) is 55.1 Å². The van der Waals surface area contributed by atoms with Gasteiger partial charge in [0.1, 0.15) is 0 Å². The summed E-state index contributed by atoms with van der Waals surface area (Å²) in [6.45, 7) is 8.48. The van der Waals surface area contributed by atoms with Crippen LogP contribution in [0.4, 0.5) is 4.79 Å². The number of carbonyl (C=O) groups excluding carboxylic acids is 2. The number of nitrogens with zero attached hydrogens (tertiary/aromatic N) is 2. The molecule has 0 bridgehead atoms. The normalized spacial score (nSPS) is 40.3. The molecule has 6 nitrogen and oxygen atoms in total. The van der Waals surface area contributed by atoms with Gasteiger partial charge in [-0.2, -0.15) is 0 Å². The molecule has 1 aliphatic heterocycles. The van der Waals surface area contributed by atoms with Gasteiger partial charge in [0.25, 0.3) is 0 Å². The molecule has 5 aliphatic rings. The molecular weight excluding hydrogens is 470 g/mol. The van der Waals surface area contributed by atoms with Crippen LogP contribution in [0.1, 0.15) is 85.0 Å². The lowest BCUT2D eigenvalue weighted by Gasteiger charge is -2.58. The first kappa shape index (κ1) is 26.0. The highest BCUT2D eigenvalue weighted by Gasteiger charge is 2.59. The highest BCUT2D eigenvalue weighted by molar-refractivity contribution is 7.80. The molecule has 1 N–H and O–H groups in total. The Morgan fingerprint density at radius 2 is 1.97 bits per heavy atom. The van der Waals surface area contributed by atoms with Gasteiger partial charge in [0.05, 0.1) is 5.71 Å². The summed E-state index contributed by atoms with van der Waals surface area (Å²) >= 11 is 5.40. The minimum atomic E-state index is -0.395. The quantitative estimate of drug-likeness (QED) is 0.221. The summed E-state index contributed by atoms with van der Waals surface area (Å²) < 4.78 is 0. The maximum atomic E-state index is 12.6. The van der Waals surface area contributed by atoms with Crippen LogP contribution in [0.15, 0.2) is 16.8 Å². The number of thiocarbonyl (C=S) groups is 1. The Hall–Kier alpha value is -1.60. The van der Waals surface area contributed by atoms with Crippen LogP contribution >= 0.6 is 12.2 Å². The van der Waals surface area contributed by atoms with Crippen molar-refractivity contribution < 1.29 is 14.4 Å². The predicted molar refractivity (Wildman–Crippen MR) is 146 cm³/mol. The Kier molecular flexibility index (Phi) is 7.18. The minimum Gasteiger partial charge on any atom is -0.309 e. The third-order valence-corrected chi connectivity index (χ3v) is 11.4. The van der Waals surface area contributed by atoms with Gasteiger partial charge in [0, 0.05) is 43.4 Å². The van der Waals surface area contributed by atoms with E-state index in [4.69, 9.17) is 17.1 Å². The molecule has 1 amide bonds. The van der Waals surface area contributed by atoms with E-state index in [-0.39, 0.29) is 16.9 Å². The lowest BCUT2D eigenvalue weighted by atomic mass is 9.46. The van der Waals surface area contributed by atoms with E-state index in [1.165, 1.54) is 31.3 Å². The molecule has 0 aromatic carbocycles. The van der Waals surface area contributed by atoms with E-state index in [2.05, 4.69) is 24.3 Å². The van der Waals surface area contributed by atoms with Crippen molar-refractivity contribution in [3.05, 3.63) is 11.6 Å². The molecule has 7 heteroatoms. The molecule has 198 valence electrons. The van der Waals surface area contributed by atoms with Gasteiger partial charge in [-0.3, -0.25) is 9.63 Å². The first-order valence-electron chi connectivity index (χ1n) is 14.1. The average molecular weight is 514 g/mol. The third kappa shape index (κ3) is 4.48. The monoisotopic (exact) mass is 513 g/mol. The molecular formula is C29H43N3O3S. The van der Waals surface area contributed by atoms with E-state index in [9.17, 15) is 9.59 Å². The number of nitrogens with one attached hydrogen (secondary N) is 1. The van der Waals surface area contributed by atoms with Crippen molar-refractivity contribution in [3.63, 3.8) is 0 Å². The van der Waals surface area contributed by atoms with Crippen LogP contribution in [-0.2, 0) is 9.63 Å². The van der Waals surface area contributed by atoms with Crippen molar-refractivity contribution in [1.82, 2.24) is 10.2 Å². The second kappa shape index (κ2) is 9.94. The molecule has 1 saturated heterocycles. The van der Waals surface area contributed by atoms with Gasteiger partial charge in [0.15, 0.2) is 5.78 Å². The zero-order chi connectivity index (χ0) is 25.7. The Labute approximate surface area is 221 Å². The second-order valence-corrected chi connectivity index (χ2v) is 13.2. The van der Waals surface area contributed by atoms with Crippen LogP contribution in [0.3, 0.4) is 0 Å². The fourth-order valence-corrected chi connectivity index (χ4v) is 9.13. The molecule has 1 unspecified atom stereocenters. The largest absolute Gasteiger partial charge is 0.435 e. The van der Waals surface area contributed by atoms with Crippen LogP contribution < -0.4 is 5.32 Å². The summed E-state index contributed by atoms with van der Waals surface area (Å²) in [5.41, 5.74) is 2.80. The highest BCUT2D eigenvalue weighted by atomic mass is 32.1. The number of rotatable bonds is 5. The molecule has 7 atom stereocenters. The van der Waals surface area contributed by atoms with Crippen molar-refractivity contribution in [2.75, 3.05) is 20.1 Å². The lowest BCUT2D eigenvalue weighted by Crippen LogP contribution is -2.51. The molecule has 0 aromatic heterocycles. The van der Waals surface area contributed by atoms with Crippen LogP contribution in [-0.4, -0.2) is 53.5 Å². The summed E-state index contributed by atoms with van der Waals surface area (Å²) in [5.74, 6) is 2.78. The Bertz CT molecular complexity index is 992. The minimum absolute atomic E-state index is 0.206. The fourth-order valence-electron chi connectivity index (χ4n) is 8.82. The van der Waals surface area contributed by atoms with E-state index in [1.807, 2.05) is 13.0 Å². The maximum Gasteiger partial charge on any atom is 0.435 e. The third-order valence-electron chi connectivity index (χ3n) is 10.9.